The highest BCUT2D eigenvalue weighted by Gasteiger charge is 2.44. The average Bonchev–Trinajstić information content (AvgIpc) is 2.83. The van der Waals surface area contributed by atoms with Crippen molar-refractivity contribution < 1.29 is 9.59 Å². The maximum absolute atomic E-state index is 11.7. The number of hydrogen-bond acceptors (Lipinski definition) is 2. The lowest BCUT2D eigenvalue weighted by Crippen LogP contribution is -2.40. The van der Waals surface area contributed by atoms with Gasteiger partial charge >= 0.3 is 6.03 Å². The molecular formula is C11H17N3O2. The van der Waals surface area contributed by atoms with Gasteiger partial charge in [0.1, 0.15) is 0 Å². The van der Waals surface area contributed by atoms with Gasteiger partial charge in [-0.15, -0.1) is 6.58 Å². The van der Waals surface area contributed by atoms with E-state index >= 15 is 0 Å². The number of amides is 3. The predicted octanol–water partition coefficient (Wildman–Crippen LogP) is 0.0940. The number of likely N-dealkylation sites (tertiary alicyclic amines) is 1. The van der Waals surface area contributed by atoms with Crippen LogP contribution in [-0.2, 0) is 4.79 Å². The van der Waals surface area contributed by atoms with Crippen LogP contribution in [0.5, 0.6) is 0 Å². The Morgan fingerprint density at radius 3 is 3.12 bits per heavy atom. The molecule has 0 aromatic heterocycles. The van der Waals surface area contributed by atoms with E-state index < -0.39 is 0 Å². The summed E-state index contributed by atoms with van der Waals surface area (Å²) in [6, 6.07) is -0.0591. The maximum atomic E-state index is 11.7. The molecule has 5 nitrogen and oxygen atoms in total. The summed E-state index contributed by atoms with van der Waals surface area (Å²) in [5.41, 5.74) is -0.0113. The Hall–Kier alpha value is -1.52. The van der Waals surface area contributed by atoms with Gasteiger partial charge in [0, 0.05) is 38.0 Å². The molecule has 0 bridgehead atoms. The van der Waals surface area contributed by atoms with Crippen molar-refractivity contribution in [3.05, 3.63) is 12.7 Å². The smallest absolute Gasteiger partial charge is 0.317 e. The summed E-state index contributed by atoms with van der Waals surface area (Å²) in [6.07, 6.45) is 3.12. The van der Waals surface area contributed by atoms with Crippen LogP contribution < -0.4 is 10.6 Å². The third kappa shape index (κ3) is 2.03. The van der Waals surface area contributed by atoms with Crippen LogP contribution in [0.1, 0.15) is 12.8 Å². The van der Waals surface area contributed by atoms with Gasteiger partial charge in [-0.3, -0.25) is 4.79 Å². The van der Waals surface area contributed by atoms with Crippen LogP contribution >= 0.6 is 0 Å². The topological polar surface area (TPSA) is 61.4 Å². The first-order valence-electron chi connectivity index (χ1n) is 5.56. The summed E-state index contributed by atoms with van der Waals surface area (Å²) >= 11 is 0. The summed E-state index contributed by atoms with van der Waals surface area (Å²) < 4.78 is 0. The molecule has 0 aliphatic carbocycles. The molecular weight excluding hydrogens is 206 g/mol. The number of hydrogen-bond donors (Lipinski definition) is 2. The minimum absolute atomic E-state index is 0.0113. The fourth-order valence-corrected chi connectivity index (χ4v) is 2.42. The van der Waals surface area contributed by atoms with Crippen molar-refractivity contribution in [1.82, 2.24) is 15.5 Å². The Balaban J connectivity index is 1.90. The Labute approximate surface area is 94.9 Å². The van der Waals surface area contributed by atoms with Crippen molar-refractivity contribution in [3.63, 3.8) is 0 Å². The number of rotatable bonds is 2. The van der Waals surface area contributed by atoms with Crippen LogP contribution in [0.4, 0.5) is 4.79 Å². The van der Waals surface area contributed by atoms with Crippen molar-refractivity contribution in [2.75, 3.05) is 26.2 Å². The summed E-state index contributed by atoms with van der Waals surface area (Å²) in [5.74, 6) is 0.105. The molecule has 2 aliphatic heterocycles. The zero-order valence-electron chi connectivity index (χ0n) is 9.29. The molecule has 5 heteroatoms. The van der Waals surface area contributed by atoms with E-state index in [1.165, 1.54) is 0 Å². The molecule has 2 fully saturated rings. The highest BCUT2D eigenvalue weighted by atomic mass is 16.2. The van der Waals surface area contributed by atoms with Gasteiger partial charge in [0.2, 0.25) is 5.91 Å². The number of nitrogens with one attached hydrogen (secondary N) is 2. The third-order valence-corrected chi connectivity index (χ3v) is 3.32. The zero-order valence-corrected chi connectivity index (χ0v) is 9.29. The SMILES string of the molecule is C=CCNC(=O)N1CCC2(CNC(=O)C2)C1. The van der Waals surface area contributed by atoms with Crippen LogP contribution in [0.2, 0.25) is 0 Å². The molecule has 3 amide bonds. The van der Waals surface area contributed by atoms with Gasteiger partial charge in [-0.05, 0) is 6.42 Å². The molecule has 88 valence electrons. The standard InChI is InChI=1S/C11H17N3O2/c1-2-4-12-10(16)14-5-3-11(8-14)6-9(15)13-7-11/h2H,1,3-8H2,(H,12,16)(H,13,15). The van der Waals surface area contributed by atoms with E-state index in [0.29, 0.717) is 26.1 Å². The lowest BCUT2D eigenvalue weighted by atomic mass is 9.86. The van der Waals surface area contributed by atoms with Crippen LogP contribution in [0.15, 0.2) is 12.7 Å². The average molecular weight is 223 g/mol. The van der Waals surface area contributed by atoms with E-state index in [1.54, 1.807) is 11.0 Å². The monoisotopic (exact) mass is 223 g/mol. The number of urea groups is 1. The number of carbonyl (C=O) groups excluding carboxylic acids is 2. The third-order valence-electron chi connectivity index (χ3n) is 3.32. The molecule has 2 saturated heterocycles. The van der Waals surface area contributed by atoms with Gasteiger partial charge in [0.25, 0.3) is 0 Å². The highest BCUT2D eigenvalue weighted by molar-refractivity contribution is 5.80. The van der Waals surface area contributed by atoms with Gasteiger partial charge in [-0.1, -0.05) is 6.08 Å². The second-order valence-corrected chi connectivity index (χ2v) is 4.60. The minimum atomic E-state index is -0.0591. The van der Waals surface area contributed by atoms with Crippen LogP contribution in [0.3, 0.4) is 0 Å². The van der Waals surface area contributed by atoms with E-state index in [0.717, 1.165) is 13.0 Å². The van der Waals surface area contributed by atoms with Crippen molar-refractivity contribution in [2.24, 2.45) is 5.41 Å². The Kier molecular flexibility index (Phi) is 2.85. The molecule has 2 rings (SSSR count). The van der Waals surface area contributed by atoms with Crippen molar-refractivity contribution in [3.8, 4) is 0 Å². The Morgan fingerprint density at radius 1 is 1.69 bits per heavy atom. The first kappa shape index (κ1) is 11.0. The molecule has 16 heavy (non-hydrogen) atoms. The quantitative estimate of drug-likeness (QED) is 0.652. The predicted molar refractivity (Wildman–Crippen MR) is 59.8 cm³/mol. The lowest BCUT2D eigenvalue weighted by Gasteiger charge is -2.21. The number of carbonyl (C=O) groups is 2. The van der Waals surface area contributed by atoms with E-state index in [1.807, 2.05) is 0 Å². The summed E-state index contributed by atoms with van der Waals surface area (Å²) in [7, 11) is 0. The minimum Gasteiger partial charge on any atom is -0.355 e. The van der Waals surface area contributed by atoms with Crippen LogP contribution in [0.25, 0.3) is 0 Å². The van der Waals surface area contributed by atoms with Gasteiger partial charge in [-0.25, -0.2) is 4.79 Å². The fraction of sp³-hybridized carbons (Fsp3) is 0.636. The van der Waals surface area contributed by atoms with Crippen LogP contribution in [-0.4, -0.2) is 43.0 Å². The van der Waals surface area contributed by atoms with E-state index in [4.69, 9.17) is 0 Å². The maximum Gasteiger partial charge on any atom is 0.317 e. The fourth-order valence-electron chi connectivity index (χ4n) is 2.42. The zero-order chi connectivity index (χ0) is 11.6. The Bertz CT molecular complexity index is 329. The molecule has 1 atom stereocenters. The molecule has 0 aromatic rings. The summed E-state index contributed by atoms with van der Waals surface area (Å²) in [4.78, 5) is 24.7. The Morgan fingerprint density at radius 2 is 2.50 bits per heavy atom. The number of nitrogens with zero attached hydrogens (tertiary/aromatic N) is 1. The van der Waals surface area contributed by atoms with Crippen LogP contribution in [0, 0.1) is 5.41 Å². The van der Waals surface area contributed by atoms with Gasteiger partial charge in [-0.2, -0.15) is 0 Å². The first-order valence-corrected chi connectivity index (χ1v) is 5.56. The lowest BCUT2D eigenvalue weighted by molar-refractivity contribution is -0.119. The van der Waals surface area contributed by atoms with Gasteiger partial charge in [0.15, 0.2) is 0 Å². The molecule has 0 aromatic carbocycles. The first-order chi connectivity index (χ1) is 7.65. The summed E-state index contributed by atoms with van der Waals surface area (Å²) in [6.45, 7) is 6.15. The summed E-state index contributed by atoms with van der Waals surface area (Å²) in [5, 5.41) is 5.60. The normalized spacial score (nSPS) is 28.2. The van der Waals surface area contributed by atoms with Gasteiger partial charge in [0.05, 0.1) is 0 Å². The van der Waals surface area contributed by atoms with E-state index in [9.17, 15) is 9.59 Å². The molecule has 0 saturated carbocycles. The highest BCUT2D eigenvalue weighted by Crippen LogP contribution is 2.36. The van der Waals surface area contributed by atoms with E-state index in [2.05, 4.69) is 17.2 Å². The van der Waals surface area contributed by atoms with E-state index in [-0.39, 0.29) is 17.4 Å². The molecule has 2 heterocycles. The largest absolute Gasteiger partial charge is 0.355 e. The van der Waals surface area contributed by atoms with Crippen molar-refractivity contribution in [1.29, 1.82) is 0 Å². The molecule has 2 N–H and O–H groups in total. The second-order valence-electron chi connectivity index (χ2n) is 4.60. The van der Waals surface area contributed by atoms with Crippen molar-refractivity contribution >= 4 is 11.9 Å². The van der Waals surface area contributed by atoms with Gasteiger partial charge < -0.3 is 15.5 Å². The molecule has 1 spiro atoms. The van der Waals surface area contributed by atoms with Crippen molar-refractivity contribution in [2.45, 2.75) is 12.8 Å². The molecule has 2 aliphatic rings. The molecule has 0 radical (unpaired) electrons. The molecule has 1 unspecified atom stereocenters. The second kappa shape index (κ2) is 4.15.